The van der Waals surface area contributed by atoms with E-state index >= 15 is 0 Å². The number of rotatable bonds is 7. The van der Waals surface area contributed by atoms with Crippen molar-refractivity contribution in [1.82, 2.24) is 10.3 Å². The first-order valence-electron chi connectivity index (χ1n) is 7.05. The van der Waals surface area contributed by atoms with Crippen LogP contribution in [0.2, 0.25) is 5.02 Å². The van der Waals surface area contributed by atoms with Crippen molar-refractivity contribution in [3.63, 3.8) is 0 Å². The number of nitrogens with zero attached hydrogens (tertiary/aromatic N) is 1. The van der Waals surface area contributed by atoms with Crippen LogP contribution in [0.25, 0.3) is 10.9 Å². The van der Waals surface area contributed by atoms with E-state index in [4.69, 9.17) is 11.6 Å². The monoisotopic (exact) mass is 308 g/mol. The van der Waals surface area contributed by atoms with Crippen molar-refractivity contribution in [2.24, 2.45) is 0 Å². The predicted octanol–water partition coefficient (Wildman–Crippen LogP) is 4.51. The van der Waals surface area contributed by atoms with E-state index < -0.39 is 0 Å². The molecule has 1 N–H and O–H groups in total. The molecule has 0 aliphatic heterocycles. The summed E-state index contributed by atoms with van der Waals surface area (Å²) in [6, 6.07) is 8.49. The van der Waals surface area contributed by atoms with Gasteiger partial charge in [-0.25, -0.2) is 0 Å². The number of pyridine rings is 1. The van der Waals surface area contributed by atoms with Gasteiger partial charge < -0.3 is 5.32 Å². The fraction of sp³-hybridized carbons (Fsp3) is 0.438. The molecule has 1 heterocycles. The van der Waals surface area contributed by atoms with Crippen molar-refractivity contribution < 1.29 is 0 Å². The number of benzene rings is 1. The zero-order chi connectivity index (χ0) is 14.4. The second-order valence-electron chi connectivity index (χ2n) is 4.87. The van der Waals surface area contributed by atoms with Crippen molar-refractivity contribution in [3.05, 3.63) is 41.0 Å². The third-order valence-electron chi connectivity index (χ3n) is 3.34. The second kappa shape index (κ2) is 7.87. The Morgan fingerprint density at radius 1 is 1.35 bits per heavy atom. The molecule has 4 heteroatoms. The summed E-state index contributed by atoms with van der Waals surface area (Å²) in [5.41, 5.74) is 2.21. The van der Waals surface area contributed by atoms with Gasteiger partial charge in [-0.1, -0.05) is 24.6 Å². The Morgan fingerprint density at radius 2 is 2.20 bits per heavy atom. The Kier molecular flexibility index (Phi) is 6.14. The molecule has 0 amide bonds. The van der Waals surface area contributed by atoms with Gasteiger partial charge >= 0.3 is 0 Å². The maximum Gasteiger partial charge on any atom is 0.0761 e. The summed E-state index contributed by atoms with van der Waals surface area (Å²) in [6.07, 6.45) is 3.01. The van der Waals surface area contributed by atoms with Gasteiger partial charge in [-0.05, 0) is 48.6 Å². The van der Waals surface area contributed by atoms with Crippen molar-refractivity contribution in [2.75, 3.05) is 11.5 Å². The van der Waals surface area contributed by atoms with Crippen LogP contribution in [-0.4, -0.2) is 22.5 Å². The van der Waals surface area contributed by atoms with Crippen molar-refractivity contribution in [1.29, 1.82) is 0 Å². The lowest BCUT2D eigenvalue weighted by molar-refractivity contribution is 0.538. The molecule has 2 nitrogen and oxygen atoms in total. The van der Waals surface area contributed by atoms with Gasteiger partial charge in [-0.2, -0.15) is 11.8 Å². The largest absolute Gasteiger partial charge is 0.310 e. The van der Waals surface area contributed by atoms with E-state index in [1.165, 1.54) is 23.5 Å². The molecular weight excluding hydrogens is 288 g/mol. The van der Waals surface area contributed by atoms with Gasteiger partial charge in [-0.15, -0.1) is 0 Å². The first-order valence-corrected chi connectivity index (χ1v) is 8.59. The fourth-order valence-electron chi connectivity index (χ4n) is 2.13. The summed E-state index contributed by atoms with van der Waals surface area (Å²) in [7, 11) is 0. The minimum Gasteiger partial charge on any atom is -0.310 e. The van der Waals surface area contributed by atoms with Crippen LogP contribution in [0.15, 0.2) is 30.5 Å². The Hall–Kier alpha value is -0.770. The highest BCUT2D eigenvalue weighted by molar-refractivity contribution is 7.99. The van der Waals surface area contributed by atoms with E-state index in [1.807, 2.05) is 36.2 Å². The van der Waals surface area contributed by atoms with Crippen LogP contribution < -0.4 is 5.32 Å². The summed E-state index contributed by atoms with van der Waals surface area (Å²) in [5.74, 6) is 2.41. The van der Waals surface area contributed by atoms with Gasteiger partial charge in [0.1, 0.15) is 0 Å². The highest BCUT2D eigenvalue weighted by Crippen LogP contribution is 2.24. The van der Waals surface area contributed by atoms with Gasteiger partial charge in [0.2, 0.25) is 0 Å². The molecule has 0 bridgehead atoms. The van der Waals surface area contributed by atoms with Crippen LogP contribution in [0.4, 0.5) is 0 Å². The van der Waals surface area contributed by atoms with E-state index in [9.17, 15) is 0 Å². The third-order valence-corrected chi connectivity index (χ3v) is 4.60. The van der Waals surface area contributed by atoms with Crippen LogP contribution in [0.5, 0.6) is 0 Å². The average molecular weight is 309 g/mol. The summed E-state index contributed by atoms with van der Waals surface area (Å²) in [5, 5.41) is 5.37. The highest BCUT2D eigenvalue weighted by Gasteiger charge is 2.07. The molecule has 1 aromatic carbocycles. The first-order chi connectivity index (χ1) is 9.72. The lowest BCUT2D eigenvalue weighted by atomic mass is 10.1. The second-order valence-corrected chi connectivity index (χ2v) is 6.67. The van der Waals surface area contributed by atoms with Crippen LogP contribution >= 0.6 is 23.4 Å². The molecule has 0 saturated carbocycles. The molecule has 2 rings (SSSR count). The van der Waals surface area contributed by atoms with E-state index in [-0.39, 0.29) is 0 Å². The molecular formula is C16H21ClN2S. The smallest absolute Gasteiger partial charge is 0.0761 e. The number of aromatic nitrogens is 1. The fourth-order valence-corrected chi connectivity index (χ4v) is 3.15. The van der Waals surface area contributed by atoms with Crippen LogP contribution in [0.1, 0.15) is 25.8 Å². The number of fused-ring (bicyclic) bond motifs is 1. The molecule has 0 aliphatic rings. The highest BCUT2D eigenvalue weighted by atomic mass is 35.5. The van der Waals surface area contributed by atoms with Crippen LogP contribution in [0, 0.1) is 0 Å². The molecule has 108 valence electrons. The molecule has 2 aromatic rings. The average Bonchev–Trinajstić information content (AvgIpc) is 2.47. The van der Waals surface area contributed by atoms with Crippen molar-refractivity contribution >= 4 is 34.3 Å². The molecule has 0 radical (unpaired) electrons. The third kappa shape index (κ3) is 4.11. The number of hydrogen-bond donors (Lipinski definition) is 1. The summed E-state index contributed by atoms with van der Waals surface area (Å²) in [4.78, 5) is 4.47. The van der Waals surface area contributed by atoms with Crippen LogP contribution in [-0.2, 0) is 6.54 Å². The lowest BCUT2D eigenvalue weighted by Gasteiger charge is -2.14. The van der Waals surface area contributed by atoms with Crippen molar-refractivity contribution in [3.8, 4) is 0 Å². The Morgan fingerprint density at radius 3 is 3.00 bits per heavy atom. The van der Waals surface area contributed by atoms with Crippen LogP contribution in [0.3, 0.4) is 0 Å². The minimum atomic E-state index is 0.517. The van der Waals surface area contributed by atoms with E-state index in [0.717, 1.165) is 22.5 Å². The minimum absolute atomic E-state index is 0.517. The Bertz CT molecular complexity index is 559. The zero-order valence-corrected chi connectivity index (χ0v) is 13.6. The number of thioether (sulfide) groups is 1. The Labute approximate surface area is 130 Å². The van der Waals surface area contributed by atoms with Crippen molar-refractivity contribution in [2.45, 2.75) is 32.9 Å². The molecule has 1 unspecified atom stereocenters. The SMILES string of the molecule is CCSCCC(C)NCc1ccc(Cl)c2cccnc12. The van der Waals surface area contributed by atoms with Gasteiger partial charge in [0.25, 0.3) is 0 Å². The molecule has 1 aromatic heterocycles. The van der Waals surface area contributed by atoms with E-state index in [1.54, 1.807) is 0 Å². The summed E-state index contributed by atoms with van der Waals surface area (Å²) < 4.78 is 0. The predicted molar refractivity (Wildman–Crippen MR) is 90.7 cm³/mol. The topological polar surface area (TPSA) is 24.9 Å². The molecule has 1 atom stereocenters. The van der Waals surface area contributed by atoms with E-state index in [0.29, 0.717) is 6.04 Å². The van der Waals surface area contributed by atoms with Gasteiger partial charge in [0.15, 0.2) is 0 Å². The molecule has 20 heavy (non-hydrogen) atoms. The van der Waals surface area contributed by atoms with E-state index in [2.05, 4.69) is 30.2 Å². The number of halogens is 1. The lowest BCUT2D eigenvalue weighted by Crippen LogP contribution is -2.26. The maximum atomic E-state index is 6.21. The normalized spacial score (nSPS) is 12.8. The molecule has 0 saturated heterocycles. The van der Waals surface area contributed by atoms with Gasteiger partial charge in [-0.3, -0.25) is 4.98 Å². The summed E-state index contributed by atoms with van der Waals surface area (Å²) >= 11 is 8.21. The molecule has 0 aliphatic carbocycles. The Balaban J connectivity index is 2.01. The zero-order valence-electron chi connectivity index (χ0n) is 12.0. The maximum absolute atomic E-state index is 6.21. The van der Waals surface area contributed by atoms with Gasteiger partial charge in [0, 0.05) is 29.2 Å². The standard InChI is InChI=1S/C16H21ClN2S/c1-3-20-10-8-12(2)19-11-13-6-7-15(17)14-5-4-9-18-16(13)14/h4-7,9,12,19H,3,8,10-11H2,1-2H3. The van der Waals surface area contributed by atoms with Gasteiger partial charge in [0.05, 0.1) is 5.52 Å². The molecule has 0 spiro atoms. The molecule has 0 fully saturated rings. The number of nitrogens with one attached hydrogen (secondary N) is 1. The quantitative estimate of drug-likeness (QED) is 0.762. The first kappa shape index (κ1) is 15.6. The summed E-state index contributed by atoms with van der Waals surface area (Å²) in [6.45, 7) is 5.28. The number of hydrogen-bond acceptors (Lipinski definition) is 3.